The van der Waals surface area contributed by atoms with Crippen LogP contribution < -0.4 is 11.1 Å². The maximum Gasteiger partial charge on any atom is 0.317 e. The molecule has 0 rings (SSSR count). The predicted molar refractivity (Wildman–Crippen MR) is 54.6 cm³/mol. The van der Waals surface area contributed by atoms with Crippen molar-refractivity contribution in [1.29, 1.82) is 0 Å². The molecule has 0 unspecified atom stereocenters. The van der Waals surface area contributed by atoms with E-state index in [4.69, 9.17) is 5.73 Å². The first-order chi connectivity index (χ1) is 5.80. The molecule has 0 aromatic heterocycles. The number of nitrogens with zero attached hydrogens (tertiary/aromatic N) is 1. The van der Waals surface area contributed by atoms with E-state index in [1.165, 1.54) is 0 Å². The molecule has 3 N–H and O–H groups in total. The number of nitrogens with two attached hydrogens (primary N) is 1. The molecule has 0 aromatic carbocycles. The molecule has 0 aromatic rings. The van der Waals surface area contributed by atoms with Crippen molar-refractivity contribution in [2.75, 3.05) is 13.6 Å². The van der Waals surface area contributed by atoms with Crippen molar-refractivity contribution in [3.05, 3.63) is 0 Å². The highest BCUT2D eigenvalue weighted by molar-refractivity contribution is 5.74. The third kappa shape index (κ3) is 4.12. The fourth-order valence-corrected chi connectivity index (χ4v) is 0.663. The Bertz CT molecular complexity index is 178. The summed E-state index contributed by atoms with van der Waals surface area (Å²) in [6, 6.07) is 0.124. The van der Waals surface area contributed by atoms with Gasteiger partial charge in [0.15, 0.2) is 0 Å². The third-order valence-corrected chi connectivity index (χ3v) is 2.05. The Morgan fingerprint density at radius 2 is 2.00 bits per heavy atom. The largest absolute Gasteiger partial charge is 0.332 e. The zero-order chi connectivity index (χ0) is 10.6. The number of amides is 2. The molecular formula is C9H21N3O. The Morgan fingerprint density at radius 3 is 2.31 bits per heavy atom. The molecule has 0 saturated heterocycles. The van der Waals surface area contributed by atoms with Crippen LogP contribution in [-0.2, 0) is 0 Å². The van der Waals surface area contributed by atoms with Gasteiger partial charge in [-0.1, -0.05) is 0 Å². The summed E-state index contributed by atoms with van der Waals surface area (Å²) in [5.74, 6) is 0. The fraction of sp³-hybridized carbons (Fsp3) is 0.889. The quantitative estimate of drug-likeness (QED) is 0.685. The van der Waals surface area contributed by atoms with Crippen molar-refractivity contribution in [2.45, 2.75) is 39.3 Å². The molecule has 0 fully saturated rings. The minimum Gasteiger partial charge on any atom is -0.332 e. The molecule has 13 heavy (non-hydrogen) atoms. The van der Waals surface area contributed by atoms with Crippen LogP contribution in [0.25, 0.3) is 0 Å². The summed E-state index contributed by atoms with van der Waals surface area (Å²) in [5.41, 5.74) is 5.16. The fourth-order valence-electron chi connectivity index (χ4n) is 0.663. The minimum absolute atomic E-state index is 0.0783. The smallest absolute Gasteiger partial charge is 0.317 e. The molecule has 0 aliphatic rings. The molecule has 0 aliphatic heterocycles. The molecule has 0 atom stereocenters. The highest BCUT2D eigenvalue weighted by Crippen LogP contribution is 2.01. The van der Waals surface area contributed by atoms with E-state index >= 15 is 0 Å². The Labute approximate surface area is 80.5 Å². The van der Waals surface area contributed by atoms with Gasteiger partial charge in [-0.05, 0) is 27.7 Å². The minimum atomic E-state index is -0.333. The van der Waals surface area contributed by atoms with E-state index in [1.807, 2.05) is 27.7 Å². The van der Waals surface area contributed by atoms with E-state index in [-0.39, 0.29) is 17.6 Å². The molecule has 4 nitrogen and oxygen atoms in total. The summed E-state index contributed by atoms with van der Waals surface area (Å²) in [7, 11) is 1.77. The van der Waals surface area contributed by atoms with Gasteiger partial charge in [0.1, 0.15) is 0 Å². The summed E-state index contributed by atoms with van der Waals surface area (Å²) >= 11 is 0. The van der Waals surface area contributed by atoms with Crippen molar-refractivity contribution >= 4 is 6.03 Å². The SMILES string of the molecule is CC(C)N(C)C(=O)NC(C)(C)CN. The summed E-state index contributed by atoms with van der Waals surface area (Å²) in [4.78, 5) is 13.2. The first-order valence-electron chi connectivity index (χ1n) is 4.55. The van der Waals surface area contributed by atoms with Crippen molar-refractivity contribution < 1.29 is 4.79 Å². The van der Waals surface area contributed by atoms with E-state index in [9.17, 15) is 4.79 Å². The Kier molecular flexibility index (Phi) is 4.20. The maximum absolute atomic E-state index is 11.5. The van der Waals surface area contributed by atoms with Crippen LogP contribution in [0.5, 0.6) is 0 Å². The first kappa shape index (κ1) is 12.2. The van der Waals surface area contributed by atoms with Crippen molar-refractivity contribution in [3.8, 4) is 0 Å². The van der Waals surface area contributed by atoms with Crippen molar-refractivity contribution in [2.24, 2.45) is 5.73 Å². The Balaban J connectivity index is 4.15. The molecule has 2 amide bonds. The van der Waals surface area contributed by atoms with Crippen LogP contribution in [0.3, 0.4) is 0 Å². The Morgan fingerprint density at radius 1 is 1.54 bits per heavy atom. The zero-order valence-corrected chi connectivity index (χ0v) is 9.22. The van der Waals surface area contributed by atoms with E-state index in [2.05, 4.69) is 5.32 Å². The van der Waals surface area contributed by atoms with E-state index < -0.39 is 0 Å². The van der Waals surface area contributed by atoms with Crippen molar-refractivity contribution in [1.82, 2.24) is 10.2 Å². The van der Waals surface area contributed by atoms with E-state index in [0.717, 1.165) is 0 Å². The van der Waals surface area contributed by atoms with Crippen LogP contribution in [0.4, 0.5) is 4.79 Å². The van der Waals surface area contributed by atoms with Gasteiger partial charge in [0.05, 0.1) is 0 Å². The van der Waals surface area contributed by atoms with Gasteiger partial charge >= 0.3 is 6.03 Å². The number of carbonyl (C=O) groups is 1. The Hall–Kier alpha value is -0.770. The van der Waals surface area contributed by atoms with Crippen LogP contribution in [0.15, 0.2) is 0 Å². The van der Waals surface area contributed by atoms with Crippen LogP contribution in [0.1, 0.15) is 27.7 Å². The van der Waals surface area contributed by atoms with Gasteiger partial charge in [0.25, 0.3) is 0 Å². The van der Waals surface area contributed by atoms with Crippen LogP contribution in [-0.4, -0.2) is 36.1 Å². The maximum atomic E-state index is 11.5. The normalized spacial score (nSPS) is 11.6. The van der Waals surface area contributed by atoms with Crippen LogP contribution in [0, 0.1) is 0 Å². The first-order valence-corrected chi connectivity index (χ1v) is 4.55. The second kappa shape index (κ2) is 4.46. The van der Waals surface area contributed by atoms with Gasteiger partial charge in [0.2, 0.25) is 0 Å². The molecule has 0 aliphatic carbocycles. The third-order valence-electron chi connectivity index (χ3n) is 2.05. The average molecular weight is 187 g/mol. The van der Waals surface area contributed by atoms with Gasteiger partial charge in [0, 0.05) is 25.2 Å². The molecule has 0 heterocycles. The number of nitrogens with one attached hydrogen (secondary N) is 1. The second-order valence-corrected chi connectivity index (χ2v) is 4.22. The molecule has 0 saturated carbocycles. The average Bonchev–Trinajstić information content (AvgIpc) is 2.02. The molecule has 78 valence electrons. The number of hydrogen-bond donors (Lipinski definition) is 2. The number of urea groups is 1. The van der Waals surface area contributed by atoms with Gasteiger partial charge in [-0.15, -0.1) is 0 Å². The topological polar surface area (TPSA) is 58.4 Å². The lowest BCUT2D eigenvalue weighted by atomic mass is 10.1. The van der Waals surface area contributed by atoms with Crippen LogP contribution in [0.2, 0.25) is 0 Å². The lowest BCUT2D eigenvalue weighted by molar-refractivity contribution is 0.187. The van der Waals surface area contributed by atoms with Gasteiger partial charge < -0.3 is 16.0 Å². The zero-order valence-electron chi connectivity index (χ0n) is 9.22. The number of rotatable bonds is 3. The molecular weight excluding hydrogens is 166 g/mol. The summed E-state index contributed by atoms with van der Waals surface area (Å²) in [6.45, 7) is 8.17. The summed E-state index contributed by atoms with van der Waals surface area (Å²) in [5, 5.41) is 2.85. The van der Waals surface area contributed by atoms with Crippen molar-refractivity contribution in [3.63, 3.8) is 0 Å². The predicted octanol–water partition coefficient (Wildman–Crippen LogP) is 0.773. The monoisotopic (exact) mass is 187 g/mol. The molecule has 4 heteroatoms. The van der Waals surface area contributed by atoms with Gasteiger partial charge in [-0.25, -0.2) is 4.79 Å². The number of hydrogen-bond acceptors (Lipinski definition) is 2. The lowest BCUT2D eigenvalue weighted by Crippen LogP contribution is -2.53. The summed E-state index contributed by atoms with van der Waals surface area (Å²) < 4.78 is 0. The summed E-state index contributed by atoms with van der Waals surface area (Å²) in [6.07, 6.45) is 0. The lowest BCUT2D eigenvalue weighted by Gasteiger charge is -2.29. The molecule has 0 bridgehead atoms. The van der Waals surface area contributed by atoms with Crippen LogP contribution >= 0.6 is 0 Å². The van der Waals surface area contributed by atoms with E-state index in [1.54, 1.807) is 11.9 Å². The highest BCUT2D eigenvalue weighted by Gasteiger charge is 2.21. The standard InChI is InChI=1S/C9H21N3O/c1-7(2)12(5)8(13)11-9(3,4)6-10/h7H,6,10H2,1-5H3,(H,11,13). The van der Waals surface area contributed by atoms with Gasteiger partial charge in [-0.3, -0.25) is 0 Å². The molecule has 0 radical (unpaired) electrons. The van der Waals surface area contributed by atoms with Gasteiger partial charge in [-0.2, -0.15) is 0 Å². The highest BCUT2D eigenvalue weighted by atomic mass is 16.2. The molecule has 0 spiro atoms. The number of carbonyl (C=O) groups excluding carboxylic acids is 1. The second-order valence-electron chi connectivity index (χ2n) is 4.22. The van der Waals surface area contributed by atoms with E-state index in [0.29, 0.717) is 6.54 Å².